The van der Waals surface area contributed by atoms with Crippen molar-refractivity contribution in [1.82, 2.24) is 0 Å². The standard InChI is InChI=1S/C13H17NO2/c1-10(13(15)16)4-2-3-5-11-6-8-12(14)9-7-11/h6-9H,1-5,14H2,(H,15,16). The molecule has 0 radical (unpaired) electrons. The summed E-state index contributed by atoms with van der Waals surface area (Å²) in [7, 11) is 0. The third-order valence-corrected chi connectivity index (χ3v) is 2.48. The highest BCUT2D eigenvalue weighted by molar-refractivity contribution is 5.85. The maximum absolute atomic E-state index is 10.5. The van der Waals surface area contributed by atoms with Crippen molar-refractivity contribution >= 4 is 11.7 Å². The zero-order valence-electron chi connectivity index (χ0n) is 9.28. The largest absolute Gasteiger partial charge is 0.478 e. The van der Waals surface area contributed by atoms with Crippen LogP contribution in [0.5, 0.6) is 0 Å². The molecular formula is C13H17NO2. The number of nitrogens with two attached hydrogens (primary N) is 1. The zero-order chi connectivity index (χ0) is 12.0. The van der Waals surface area contributed by atoms with E-state index >= 15 is 0 Å². The summed E-state index contributed by atoms with van der Waals surface area (Å²) in [5, 5.41) is 8.62. The number of hydrogen-bond acceptors (Lipinski definition) is 2. The molecule has 0 fully saturated rings. The summed E-state index contributed by atoms with van der Waals surface area (Å²) in [5.41, 5.74) is 7.87. The summed E-state index contributed by atoms with van der Waals surface area (Å²) < 4.78 is 0. The highest BCUT2D eigenvalue weighted by Gasteiger charge is 2.02. The first kappa shape index (κ1) is 12.3. The van der Waals surface area contributed by atoms with Crippen LogP contribution in [0.2, 0.25) is 0 Å². The fraction of sp³-hybridized carbons (Fsp3) is 0.308. The molecule has 0 amide bonds. The molecule has 0 aliphatic rings. The monoisotopic (exact) mass is 219 g/mol. The maximum Gasteiger partial charge on any atom is 0.330 e. The van der Waals surface area contributed by atoms with Crippen molar-refractivity contribution in [1.29, 1.82) is 0 Å². The van der Waals surface area contributed by atoms with Gasteiger partial charge in [-0.1, -0.05) is 18.7 Å². The van der Waals surface area contributed by atoms with Crippen LogP contribution in [0.4, 0.5) is 5.69 Å². The van der Waals surface area contributed by atoms with Crippen LogP contribution in [0.1, 0.15) is 24.8 Å². The van der Waals surface area contributed by atoms with Gasteiger partial charge in [-0.15, -0.1) is 0 Å². The summed E-state index contributed by atoms with van der Waals surface area (Å²) in [6.45, 7) is 3.49. The number of unbranched alkanes of at least 4 members (excludes halogenated alkanes) is 1. The first-order valence-corrected chi connectivity index (χ1v) is 5.35. The molecule has 0 unspecified atom stereocenters. The van der Waals surface area contributed by atoms with E-state index in [0.29, 0.717) is 6.42 Å². The number of hydrogen-bond donors (Lipinski definition) is 2. The van der Waals surface area contributed by atoms with Crippen molar-refractivity contribution in [3.05, 3.63) is 42.0 Å². The van der Waals surface area contributed by atoms with Crippen molar-refractivity contribution in [2.75, 3.05) is 5.73 Å². The van der Waals surface area contributed by atoms with E-state index in [1.165, 1.54) is 5.56 Å². The Labute approximate surface area is 95.6 Å². The first-order chi connectivity index (χ1) is 7.59. The molecule has 1 aromatic rings. The Balaban J connectivity index is 2.23. The van der Waals surface area contributed by atoms with Crippen LogP contribution in [0.3, 0.4) is 0 Å². The number of carboxylic acid groups (broad SMARTS) is 1. The smallest absolute Gasteiger partial charge is 0.330 e. The minimum Gasteiger partial charge on any atom is -0.478 e. The van der Waals surface area contributed by atoms with E-state index in [9.17, 15) is 4.79 Å². The summed E-state index contributed by atoms with van der Waals surface area (Å²) in [6.07, 6.45) is 3.34. The van der Waals surface area contributed by atoms with Crippen LogP contribution in [0.15, 0.2) is 36.4 Å². The van der Waals surface area contributed by atoms with Crippen LogP contribution in [0, 0.1) is 0 Å². The van der Waals surface area contributed by atoms with Gasteiger partial charge in [-0.25, -0.2) is 4.79 Å². The molecule has 86 valence electrons. The molecule has 16 heavy (non-hydrogen) atoms. The van der Waals surface area contributed by atoms with Crippen LogP contribution in [0.25, 0.3) is 0 Å². The predicted molar refractivity (Wildman–Crippen MR) is 65.2 cm³/mol. The van der Waals surface area contributed by atoms with Gasteiger partial charge in [0.1, 0.15) is 0 Å². The Morgan fingerprint density at radius 3 is 2.44 bits per heavy atom. The van der Waals surface area contributed by atoms with Gasteiger partial charge in [0.2, 0.25) is 0 Å². The molecule has 0 aliphatic carbocycles. The lowest BCUT2D eigenvalue weighted by molar-refractivity contribution is -0.132. The minimum absolute atomic E-state index is 0.289. The molecule has 0 heterocycles. The van der Waals surface area contributed by atoms with Gasteiger partial charge in [0.05, 0.1) is 0 Å². The number of rotatable bonds is 6. The van der Waals surface area contributed by atoms with Gasteiger partial charge < -0.3 is 10.8 Å². The highest BCUT2D eigenvalue weighted by Crippen LogP contribution is 2.11. The Morgan fingerprint density at radius 2 is 1.88 bits per heavy atom. The predicted octanol–water partition coefficient (Wildman–Crippen LogP) is 2.62. The lowest BCUT2D eigenvalue weighted by Gasteiger charge is -2.02. The molecule has 0 bridgehead atoms. The average molecular weight is 219 g/mol. The second-order valence-corrected chi connectivity index (χ2v) is 3.86. The normalized spacial score (nSPS) is 10.0. The zero-order valence-corrected chi connectivity index (χ0v) is 9.28. The van der Waals surface area contributed by atoms with E-state index < -0.39 is 5.97 Å². The fourth-order valence-corrected chi connectivity index (χ4v) is 1.46. The summed E-state index contributed by atoms with van der Waals surface area (Å²) in [4.78, 5) is 10.5. The average Bonchev–Trinajstić information content (AvgIpc) is 2.26. The molecule has 3 nitrogen and oxygen atoms in total. The van der Waals surface area contributed by atoms with E-state index in [0.717, 1.165) is 24.9 Å². The third kappa shape index (κ3) is 4.17. The fourth-order valence-electron chi connectivity index (χ4n) is 1.46. The topological polar surface area (TPSA) is 63.3 Å². The van der Waals surface area contributed by atoms with Gasteiger partial charge in [0.15, 0.2) is 0 Å². The van der Waals surface area contributed by atoms with Crippen LogP contribution in [-0.2, 0) is 11.2 Å². The number of carbonyl (C=O) groups is 1. The Morgan fingerprint density at radius 1 is 1.25 bits per heavy atom. The molecular weight excluding hydrogens is 202 g/mol. The molecule has 0 spiro atoms. The lowest BCUT2D eigenvalue weighted by atomic mass is 10.0. The molecule has 0 aromatic heterocycles. The van der Waals surface area contributed by atoms with Gasteiger partial charge in [-0.05, 0) is 43.4 Å². The lowest BCUT2D eigenvalue weighted by Crippen LogP contribution is -1.98. The van der Waals surface area contributed by atoms with Crippen LogP contribution in [-0.4, -0.2) is 11.1 Å². The van der Waals surface area contributed by atoms with Crippen LogP contribution >= 0.6 is 0 Å². The molecule has 1 aromatic carbocycles. The van der Waals surface area contributed by atoms with E-state index in [1.54, 1.807) is 0 Å². The Kier molecular flexibility index (Phi) is 4.58. The first-order valence-electron chi connectivity index (χ1n) is 5.35. The molecule has 0 aliphatic heterocycles. The number of aryl methyl sites for hydroxylation is 1. The quantitative estimate of drug-likeness (QED) is 0.439. The van der Waals surface area contributed by atoms with Crippen molar-refractivity contribution in [2.45, 2.75) is 25.7 Å². The number of nitrogen functional groups attached to an aromatic ring is 1. The Hall–Kier alpha value is -1.77. The molecule has 3 heteroatoms. The molecule has 0 saturated carbocycles. The van der Waals surface area contributed by atoms with E-state index in [-0.39, 0.29) is 5.57 Å². The van der Waals surface area contributed by atoms with Gasteiger partial charge in [-0.2, -0.15) is 0 Å². The van der Waals surface area contributed by atoms with Crippen molar-refractivity contribution in [3.8, 4) is 0 Å². The third-order valence-electron chi connectivity index (χ3n) is 2.48. The van der Waals surface area contributed by atoms with Crippen molar-refractivity contribution < 1.29 is 9.90 Å². The molecule has 3 N–H and O–H groups in total. The number of benzene rings is 1. The molecule has 0 saturated heterocycles. The SMILES string of the molecule is C=C(CCCCc1ccc(N)cc1)C(=O)O. The van der Waals surface area contributed by atoms with E-state index in [4.69, 9.17) is 10.8 Å². The number of carboxylic acids is 1. The second-order valence-electron chi connectivity index (χ2n) is 3.86. The number of anilines is 1. The van der Waals surface area contributed by atoms with Gasteiger partial charge in [0, 0.05) is 11.3 Å². The van der Waals surface area contributed by atoms with E-state index in [2.05, 4.69) is 6.58 Å². The molecule has 0 atom stereocenters. The van der Waals surface area contributed by atoms with E-state index in [1.807, 2.05) is 24.3 Å². The van der Waals surface area contributed by atoms with Gasteiger partial charge >= 0.3 is 5.97 Å². The summed E-state index contributed by atoms with van der Waals surface area (Å²) in [6, 6.07) is 7.76. The van der Waals surface area contributed by atoms with Crippen molar-refractivity contribution in [3.63, 3.8) is 0 Å². The number of aliphatic carboxylic acids is 1. The highest BCUT2D eigenvalue weighted by atomic mass is 16.4. The summed E-state index contributed by atoms with van der Waals surface area (Å²) >= 11 is 0. The Bertz CT molecular complexity index is 368. The second kappa shape index (κ2) is 5.95. The van der Waals surface area contributed by atoms with Crippen molar-refractivity contribution in [2.24, 2.45) is 0 Å². The van der Waals surface area contributed by atoms with Gasteiger partial charge in [0.25, 0.3) is 0 Å². The van der Waals surface area contributed by atoms with Gasteiger partial charge in [-0.3, -0.25) is 0 Å². The van der Waals surface area contributed by atoms with Crippen LogP contribution < -0.4 is 5.73 Å². The maximum atomic E-state index is 10.5. The minimum atomic E-state index is -0.896. The molecule has 1 rings (SSSR count). The summed E-state index contributed by atoms with van der Waals surface area (Å²) in [5.74, 6) is -0.896.